The summed E-state index contributed by atoms with van der Waals surface area (Å²) in [6.07, 6.45) is 0. The van der Waals surface area contributed by atoms with Gasteiger partial charge in [0.2, 0.25) is 11.7 Å². The summed E-state index contributed by atoms with van der Waals surface area (Å²) in [5, 5.41) is 4.06. The van der Waals surface area contributed by atoms with Gasteiger partial charge < -0.3 is 18.9 Å². The van der Waals surface area contributed by atoms with Crippen LogP contribution in [0.3, 0.4) is 0 Å². The van der Waals surface area contributed by atoms with Gasteiger partial charge in [-0.25, -0.2) is 0 Å². The van der Waals surface area contributed by atoms with E-state index in [4.69, 9.17) is 14.0 Å². The van der Waals surface area contributed by atoms with E-state index in [0.29, 0.717) is 28.8 Å². The van der Waals surface area contributed by atoms with Crippen LogP contribution in [0.5, 0.6) is 11.5 Å². The first-order chi connectivity index (χ1) is 13.9. The summed E-state index contributed by atoms with van der Waals surface area (Å²) in [5.74, 6) is 1.92. The van der Waals surface area contributed by atoms with Crippen molar-refractivity contribution in [2.24, 2.45) is 0 Å². The molecule has 7 heteroatoms. The van der Waals surface area contributed by atoms with Crippen molar-refractivity contribution in [1.82, 2.24) is 15.0 Å². The molecule has 1 heterocycles. The predicted molar refractivity (Wildman–Crippen MR) is 109 cm³/mol. The van der Waals surface area contributed by atoms with Crippen LogP contribution in [0.15, 0.2) is 47.0 Å². The highest BCUT2D eigenvalue weighted by Crippen LogP contribution is 2.31. The lowest BCUT2D eigenvalue weighted by Gasteiger charge is -2.25. The lowest BCUT2D eigenvalue weighted by Crippen LogP contribution is -2.36. The fourth-order valence-corrected chi connectivity index (χ4v) is 3.01. The number of hydrogen-bond acceptors (Lipinski definition) is 6. The molecule has 3 rings (SSSR count). The Balaban J connectivity index is 1.84. The van der Waals surface area contributed by atoms with Gasteiger partial charge in [0.15, 0.2) is 11.5 Å². The van der Waals surface area contributed by atoms with Crippen LogP contribution in [0.2, 0.25) is 0 Å². The van der Waals surface area contributed by atoms with Gasteiger partial charge in [0.05, 0.1) is 14.2 Å². The van der Waals surface area contributed by atoms with Crippen molar-refractivity contribution in [3.63, 3.8) is 0 Å². The summed E-state index contributed by atoms with van der Waals surface area (Å²) in [6, 6.07) is 12.9. The number of aryl methyl sites for hydroxylation is 1. The molecule has 0 aliphatic rings. The van der Waals surface area contributed by atoms with Crippen molar-refractivity contribution < 1.29 is 18.8 Å². The minimum absolute atomic E-state index is 0.0291. The number of carbonyl (C=O) groups is 1. The molecule has 0 saturated heterocycles. The lowest BCUT2D eigenvalue weighted by atomic mass is 10.1. The van der Waals surface area contributed by atoms with Gasteiger partial charge in [-0.05, 0) is 50.6 Å². The van der Waals surface area contributed by atoms with Crippen molar-refractivity contribution in [3.8, 4) is 22.9 Å². The third kappa shape index (κ3) is 4.39. The number of methoxy groups -OCH3 is 2. The van der Waals surface area contributed by atoms with Gasteiger partial charge in [-0.15, -0.1) is 0 Å². The zero-order chi connectivity index (χ0) is 21.0. The molecule has 7 nitrogen and oxygen atoms in total. The number of benzene rings is 2. The number of nitrogens with zero attached hydrogens (tertiary/aromatic N) is 3. The summed E-state index contributed by atoms with van der Waals surface area (Å²) in [5.41, 5.74) is 2.33. The highest BCUT2D eigenvalue weighted by atomic mass is 16.5. The molecule has 1 aromatic heterocycles. The fraction of sp³-hybridized carbons (Fsp3) is 0.318. The van der Waals surface area contributed by atoms with Crippen LogP contribution in [0.4, 0.5) is 0 Å². The maximum atomic E-state index is 13.0. The van der Waals surface area contributed by atoms with E-state index in [1.807, 2.05) is 51.1 Å². The Labute approximate surface area is 170 Å². The molecule has 2 aromatic carbocycles. The largest absolute Gasteiger partial charge is 0.493 e. The molecule has 0 aliphatic carbocycles. The molecule has 0 saturated carbocycles. The van der Waals surface area contributed by atoms with Crippen molar-refractivity contribution in [2.75, 3.05) is 14.2 Å². The maximum absolute atomic E-state index is 13.0. The van der Waals surface area contributed by atoms with Crippen molar-refractivity contribution in [2.45, 2.75) is 33.4 Å². The van der Waals surface area contributed by atoms with Gasteiger partial charge >= 0.3 is 0 Å². The second kappa shape index (κ2) is 8.77. The number of ether oxygens (including phenoxy) is 2. The van der Waals surface area contributed by atoms with Crippen LogP contribution >= 0.6 is 0 Å². The van der Waals surface area contributed by atoms with Gasteiger partial charge in [0.1, 0.15) is 6.54 Å². The molecule has 29 heavy (non-hydrogen) atoms. The topological polar surface area (TPSA) is 77.7 Å². The molecular formula is C22H25N3O4. The van der Waals surface area contributed by atoms with Crippen LogP contribution in [0, 0.1) is 6.92 Å². The summed E-state index contributed by atoms with van der Waals surface area (Å²) in [6.45, 7) is 6.07. The van der Waals surface area contributed by atoms with Crippen LogP contribution in [0.25, 0.3) is 11.4 Å². The number of amides is 1. The molecule has 0 atom stereocenters. The third-order valence-corrected chi connectivity index (χ3v) is 4.68. The normalized spacial score (nSPS) is 10.8. The quantitative estimate of drug-likeness (QED) is 0.599. The first-order valence-corrected chi connectivity index (χ1v) is 9.36. The van der Waals surface area contributed by atoms with Gasteiger partial charge in [-0.2, -0.15) is 4.98 Å². The minimum atomic E-state index is -0.0658. The molecule has 0 N–H and O–H groups in total. The van der Waals surface area contributed by atoms with Crippen LogP contribution < -0.4 is 9.47 Å². The Morgan fingerprint density at radius 1 is 1.10 bits per heavy atom. The van der Waals surface area contributed by atoms with Crippen LogP contribution in [0.1, 0.15) is 35.7 Å². The highest BCUT2D eigenvalue weighted by Gasteiger charge is 2.23. The first kappa shape index (κ1) is 20.4. The van der Waals surface area contributed by atoms with E-state index < -0.39 is 0 Å². The Bertz CT molecular complexity index is 997. The molecule has 0 fully saturated rings. The molecular weight excluding hydrogens is 370 g/mol. The zero-order valence-corrected chi connectivity index (χ0v) is 17.3. The number of carbonyl (C=O) groups excluding carboxylic acids is 1. The molecule has 0 spiro atoms. The fourth-order valence-electron chi connectivity index (χ4n) is 3.01. The zero-order valence-electron chi connectivity index (χ0n) is 17.3. The molecule has 0 aliphatic heterocycles. The molecule has 3 aromatic rings. The summed E-state index contributed by atoms with van der Waals surface area (Å²) < 4.78 is 16.0. The number of rotatable bonds is 7. The maximum Gasteiger partial charge on any atom is 0.254 e. The van der Waals surface area contributed by atoms with E-state index in [9.17, 15) is 4.79 Å². The van der Waals surface area contributed by atoms with E-state index in [-0.39, 0.29) is 18.5 Å². The second-order valence-corrected chi connectivity index (χ2v) is 6.92. The molecule has 0 bridgehead atoms. The van der Waals surface area contributed by atoms with Gasteiger partial charge in [0, 0.05) is 17.2 Å². The minimum Gasteiger partial charge on any atom is -0.493 e. The summed E-state index contributed by atoms with van der Waals surface area (Å²) >= 11 is 0. The first-order valence-electron chi connectivity index (χ1n) is 9.36. The third-order valence-electron chi connectivity index (χ3n) is 4.68. The predicted octanol–water partition coefficient (Wildman–Crippen LogP) is 4.11. The molecule has 0 radical (unpaired) electrons. The molecule has 0 unspecified atom stereocenters. The highest BCUT2D eigenvalue weighted by molar-refractivity contribution is 5.95. The molecule has 1 amide bonds. The molecule has 152 valence electrons. The standard InChI is InChI=1S/C22H25N3O4/c1-14(2)25(22(26)17-9-7-6-8-15(17)3)13-20-23-21(24-29-20)16-10-11-18(27-4)19(12-16)28-5/h6-12,14H,13H2,1-5H3. The van der Waals surface area contributed by atoms with Gasteiger partial charge in [0.25, 0.3) is 5.91 Å². The Morgan fingerprint density at radius 3 is 2.48 bits per heavy atom. The lowest BCUT2D eigenvalue weighted by molar-refractivity contribution is 0.0666. The number of hydrogen-bond donors (Lipinski definition) is 0. The Kier molecular flexibility index (Phi) is 6.16. The van der Waals surface area contributed by atoms with Crippen LogP contribution in [-0.2, 0) is 6.54 Å². The van der Waals surface area contributed by atoms with E-state index >= 15 is 0 Å². The van der Waals surface area contributed by atoms with E-state index in [2.05, 4.69) is 10.1 Å². The summed E-state index contributed by atoms with van der Waals surface area (Å²) in [4.78, 5) is 19.2. The Hall–Kier alpha value is -3.35. The SMILES string of the molecule is COc1ccc(-c2noc(CN(C(=O)c3ccccc3C)C(C)C)n2)cc1OC. The van der Waals surface area contributed by atoms with E-state index in [1.165, 1.54) is 0 Å². The van der Waals surface area contributed by atoms with Crippen molar-refractivity contribution in [1.29, 1.82) is 0 Å². The smallest absolute Gasteiger partial charge is 0.254 e. The van der Waals surface area contributed by atoms with E-state index in [0.717, 1.165) is 11.1 Å². The monoisotopic (exact) mass is 395 g/mol. The van der Waals surface area contributed by atoms with E-state index in [1.54, 1.807) is 31.3 Å². The number of aromatic nitrogens is 2. The second-order valence-electron chi connectivity index (χ2n) is 6.92. The Morgan fingerprint density at radius 2 is 1.83 bits per heavy atom. The van der Waals surface area contributed by atoms with Crippen LogP contribution in [-0.4, -0.2) is 41.2 Å². The average Bonchev–Trinajstić information content (AvgIpc) is 3.20. The van der Waals surface area contributed by atoms with Crippen molar-refractivity contribution in [3.05, 3.63) is 59.5 Å². The van der Waals surface area contributed by atoms with Crippen molar-refractivity contribution >= 4 is 5.91 Å². The van der Waals surface area contributed by atoms with Gasteiger partial charge in [-0.3, -0.25) is 4.79 Å². The van der Waals surface area contributed by atoms with Gasteiger partial charge in [-0.1, -0.05) is 23.4 Å². The average molecular weight is 395 g/mol. The summed E-state index contributed by atoms with van der Waals surface area (Å²) in [7, 11) is 3.15.